The first-order chi connectivity index (χ1) is 7.77. The second kappa shape index (κ2) is 3.90. The van der Waals surface area contributed by atoms with Crippen LogP contribution in [0.5, 0.6) is 0 Å². The van der Waals surface area contributed by atoms with Gasteiger partial charge in [0.1, 0.15) is 10.3 Å². The van der Waals surface area contributed by atoms with Gasteiger partial charge in [-0.05, 0) is 18.8 Å². The van der Waals surface area contributed by atoms with Gasteiger partial charge in [0, 0.05) is 11.6 Å². The van der Waals surface area contributed by atoms with Crippen LogP contribution in [-0.4, -0.2) is 14.6 Å². The third-order valence-electron chi connectivity index (χ3n) is 3.23. The van der Waals surface area contributed by atoms with E-state index in [0.717, 1.165) is 18.4 Å². The van der Waals surface area contributed by atoms with E-state index in [9.17, 15) is 0 Å². The minimum atomic E-state index is 0.445. The highest BCUT2D eigenvalue weighted by Crippen LogP contribution is 2.40. The Balaban J connectivity index is 2.21. The van der Waals surface area contributed by atoms with Crippen LogP contribution in [0.3, 0.4) is 0 Å². The molecule has 2 heterocycles. The number of hydrogen-bond acceptors (Lipinski definition) is 2. The van der Waals surface area contributed by atoms with Gasteiger partial charge in [0.05, 0.1) is 6.20 Å². The summed E-state index contributed by atoms with van der Waals surface area (Å²) in [5.74, 6) is 0.445. The van der Waals surface area contributed by atoms with Crippen LogP contribution in [0.4, 0.5) is 0 Å². The topological polar surface area (TPSA) is 30.2 Å². The number of halogens is 2. The number of rotatable bonds is 1. The molecule has 5 heteroatoms. The fourth-order valence-corrected chi connectivity index (χ4v) is 3.20. The summed E-state index contributed by atoms with van der Waals surface area (Å²) in [6.45, 7) is 0. The van der Waals surface area contributed by atoms with Crippen LogP contribution >= 0.6 is 23.2 Å². The summed E-state index contributed by atoms with van der Waals surface area (Å²) < 4.78 is 1.65. The van der Waals surface area contributed by atoms with Crippen molar-refractivity contribution in [1.29, 1.82) is 0 Å². The van der Waals surface area contributed by atoms with Crippen LogP contribution in [0.1, 0.15) is 37.2 Å². The van der Waals surface area contributed by atoms with Crippen molar-refractivity contribution in [3.63, 3.8) is 0 Å². The van der Waals surface area contributed by atoms with Crippen LogP contribution in [0, 0.1) is 0 Å². The van der Waals surface area contributed by atoms with Crippen LogP contribution in [-0.2, 0) is 0 Å². The lowest BCUT2D eigenvalue weighted by molar-refractivity contribution is 0.708. The SMILES string of the molecule is Clc1nc2ccnn2c(Cl)c1C1CCCC1. The van der Waals surface area contributed by atoms with Gasteiger partial charge in [-0.2, -0.15) is 5.10 Å². The Hall–Kier alpha value is -0.800. The Morgan fingerprint density at radius 2 is 2.00 bits per heavy atom. The van der Waals surface area contributed by atoms with Gasteiger partial charge in [-0.15, -0.1) is 0 Å². The highest BCUT2D eigenvalue weighted by molar-refractivity contribution is 6.35. The predicted octanol–water partition coefficient (Wildman–Crippen LogP) is 3.69. The van der Waals surface area contributed by atoms with E-state index in [-0.39, 0.29) is 0 Å². The highest BCUT2D eigenvalue weighted by Gasteiger charge is 2.24. The van der Waals surface area contributed by atoms with Crippen LogP contribution < -0.4 is 0 Å². The largest absolute Gasteiger partial charge is 0.216 e. The number of fused-ring (bicyclic) bond motifs is 1. The van der Waals surface area contributed by atoms with Crippen molar-refractivity contribution < 1.29 is 0 Å². The molecule has 0 radical (unpaired) electrons. The Morgan fingerprint density at radius 1 is 1.25 bits per heavy atom. The minimum absolute atomic E-state index is 0.445. The fraction of sp³-hybridized carbons (Fsp3) is 0.455. The first-order valence-corrected chi connectivity index (χ1v) is 6.21. The summed E-state index contributed by atoms with van der Waals surface area (Å²) in [4.78, 5) is 4.32. The molecule has 1 fully saturated rings. The third-order valence-corrected chi connectivity index (χ3v) is 3.88. The zero-order valence-corrected chi connectivity index (χ0v) is 10.2. The zero-order valence-electron chi connectivity index (χ0n) is 8.66. The summed E-state index contributed by atoms with van der Waals surface area (Å²) >= 11 is 12.6. The van der Waals surface area contributed by atoms with Gasteiger partial charge >= 0.3 is 0 Å². The van der Waals surface area contributed by atoms with Crippen molar-refractivity contribution in [2.75, 3.05) is 0 Å². The Kier molecular flexibility index (Phi) is 2.52. The van der Waals surface area contributed by atoms with Crippen molar-refractivity contribution >= 4 is 28.8 Å². The Morgan fingerprint density at radius 3 is 2.75 bits per heavy atom. The molecule has 0 aliphatic heterocycles. The minimum Gasteiger partial charge on any atom is -0.216 e. The molecule has 3 nitrogen and oxygen atoms in total. The molecule has 1 saturated carbocycles. The second-order valence-electron chi connectivity index (χ2n) is 4.19. The van der Waals surface area contributed by atoms with Crippen LogP contribution in [0.15, 0.2) is 12.3 Å². The molecule has 1 aliphatic carbocycles. The van der Waals surface area contributed by atoms with Crippen LogP contribution in [0.25, 0.3) is 5.65 Å². The molecule has 16 heavy (non-hydrogen) atoms. The van der Waals surface area contributed by atoms with Gasteiger partial charge in [-0.25, -0.2) is 9.50 Å². The molecule has 2 aromatic rings. The molecule has 0 unspecified atom stereocenters. The second-order valence-corrected chi connectivity index (χ2v) is 4.91. The molecular formula is C11H11Cl2N3. The molecule has 0 atom stereocenters. The summed E-state index contributed by atoms with van der Waals surface area (Å²) in [5, 5.41) is 5.30. The van der Waals surface area contributed by atoms with Crippen molar-refractivity contribution in [1.82, 2.24) is 14.6 Å². The summed E-state index contributed by atoms with van der Waals surface area (Å²) in [6, 6.07) is 1.80. The lowest BCUT2D eigenvalue weighted by atomic mass is 10.0. The quantitative estimate of drug-likeness (QED) is 0.728. The average molecular weight is 256 g/mol. The lowest BCUT2D eigenvalue weighted by Crippen LogP contribution is -2.03. The lowest BCUT2D eigenvalue weighted by Gasteiger charge is -2.13. The molecule has 84 valence electrons. The maximum absolute atomic E-state index is 6.34. The molecule has 2 aromatic heterocycles. The van der Waals surface area contributed by atoms with Gasteiger partial charge in [-0.3, -0.25) is 0 Å². The molecule has 0 aromatic carbocycles. The van der Waals surface area contributed by atoms with Gasteiger partial charge in [0.15, 0.2) is 5.65 Å². The standard InChI is InChI=1S/C11H11Cl2N3/c12-10-9(7-3-1-2-4-7)11(13)16-8(15-10)5-6-14-16/h5-7H,1-4H2. The van der Waals surface area contributed by atoms with Crippen molar-refractivity contribution in [2.45, 2.75) is 31.6 Å². The van der Waals surface area contributed by atoms with E-state index in [4.69, 9.17) is 23.2 Å². The predicted molar refractivity (Wildman–Crippen MR) is 64.2 cm³/mol. The first kappa shape index (κ1) is 10.4. The van der Waals surface area contributed by atoms with Crippen molar-refractivity contribution in [3.05, 3.63) is 28.1 Å². The third kappa shape index (κ3) is 1.50. The number of hydrogen-bond donors (Lipinski definition) is 0. The van der Waals surface area contributed by atoms with E-state index >= 15 is 0 Å². The van der Waals surface area contributed by atoms with Gasteiger partial charge < -0.3 is 0 Å². The number of aromatic nitrogens is 3. The molecule has 0 saturated heterocycles. The van der Waals surface area contributed by atoms with E-state index in [1.807, 2.05) is 0 Å². The van der Waals surface area contributed by atoms with Gasteiger partial charge in [-0.1, -0.05) is 36.0 Å². The maximum Gasteiger partial charge on any atom is 0.158 e. The molecule has 3 rings (SSSR count). The zero-order chi connectivity index (χ0) is 11.1. The van der Waals surface area contributed by atoms with Gasteiger partial charge in [0.2, 0.25) is 0 Å². The fourth-order valence-electron chi connectivity index (χ4n) is 2.44. The molecule has 0 bridgehead atoms. The first-order valence-electron chi connectivity index (χ1n) is 5.46. The highest BCUT2D eigenvalue weighted by atomic mass is 35.5. The summed E-state index contributed by atoms with van der Waals surface area (Å²) in [6.07, 6.45) is 6.47. The molecule has 0 N–H and O–H groups in total. The number of nitrogens with zero attached hydrogens (tertiary/aromatic N) is 3. The van der Waals surface area contributed by atoms with E-state index in [2.05, 4.69) is 10.1 Å². The van der Waals surface area contributed by atoms with Crippen LogP contribution in [0.2, 0.25) is 10.3 Å². The van der Waals surface area contributed by atoms with E-state index in [1.165, 1.54) is 12.8 Å². The average Bonchev–Trinajstić information content (AvgIpc) is 2.87. The monoisotopic (exact) mass is 255 g/mol. The van der Waals surface area contributed by atoms with Gasteiger partial charge in [0.25, 0.3) is 0 Å². The van der Waals surface area contributed by atoms with E-state index < -0.39 is 0 Å². The normalized spacial score (nSPS) is 17.4. The van der Waals surface area contributed by atoms with Crippen molar-refractivity contribution in [2.24, 2.45) is 0 Å². The molecule has 1 aliphatic rings. The molecule has 0 spiro atoms. The molecule has 0 amide bonds. The van der Waals surface area contributed by atoms with E-state index in [1.54, 1.807) is 16.8 Å². The Bertz CT molecular complexity index is 529. The summed E-state index contributed by atoms with van der Waals surface area (Å²) in [7, 11) is 0. The Labute approximate surface area is 103 Å². The van der Waals surface area contributed by atoms with E-state index in [0.29, 0.717) is 21.9 Å². The molecular weight excluding hydrogens is 245 g/mol. The smallest absolute Gasteiger partial charge is 0.158 e. The maximum atomic E-state index is 6.34. The van der Waals surface area contributed by atoms with Crippen molar-refractivity contribution in [3.8, 4) is 0 Å². The summed E-state index contributed by atoms with van der Waals surface area (Å²) in [5.41, 5.74) is 1.67.